The number of aromatic nitrogens is 5. The van der Waals surface area contributed by atoms with Crippen molar-refractivity contribution in [2.24, 2.45) is 0 Å². The van der Waals surface area contributed by atoms with E-state index in [9.17, 15) is 0 Å². The van der Waals surface area contributed by atoms with Crippen LogP contribution in [0, 0.1) is 0 Å². The number of hydrogen-bond donors (Lipinski definition) is 0. The van der Waals surface area contributed by atoms with Crippen molar-refractivity contribution in [2.45, 2.75) is 23.9 Å². The average Bonchev–Trinajstić information content (AvgIpc) is 3.23. The van der Waals surface area contributed by atoms with E-state index in [4.69, 9.17) is 9.15 Å². The van der Waals surface area contributed by atoms with Crippen LogP contribution in [0.5, 0.6) is 0 Å². The Morgan fingerprint density at radius 2 is 2.04 bits per heavy atom. The van der Waals surface area contributed by atoms with Gasteiger partial charge in [0.05, 0.1) is 11.9 Å². The van der Waals surface area contributed by atoms with Crippen LogP contribution in [0.3, 0.4) is 0 Å². The molecule has 0 bridgehead atoms. The van der Waals surface area contributed by atoms with Crippen LogP contribution in [-0.2, 0) is 11.3 Å². The van der Waals surface area contributed by atoms with Crippen molar-refractivity contribution < 1.29 is 9.15 Å². The van der Waals surface area contributed by atoms with E-state index in [0.29, 0.717) is 24.9 Å². The zero-order chi connectivity index (χ0) is 16.1. The van der Waals surface area contributed by atoms with Gasteiger partial charge >= 0.3 is 0 Å². The van der Waals surface area contributed by atoms with Gasteiger partial charge in [0.1, 0.15) is 6.33 Å². The Bertz CT molecular complexity index is 743. The van der Waals surface area contributed by atoms with E-state index >= 15 is 0 Å². The van der Waals surface area contributed by atoms with Crippen molar-refractivity contribution in [1.82, 2.24) is 25.0 Å². The molecule has 0 spiro atoms. The first kappa shape index (κ1) is 15.7. The van der Waals surface area contributed by atoms with E-state index in [0.717, 1.165) is 10.7 Å². The molecule has 1 aromatic carbocycles. The molecule has 0 radical (unpaired) electrons. The average molecular weight is 331 g/mol. The molecule has 1 atom stereocenters. The summed E-state index contributed by atoms with van der Waals surface area (Å²) in [6, 6.07) is 9.71. The summed E-state index contributed by atoms with van der Waals surface area (Å²) in [5, 5.41) is 17.1. The zero-order valence-corrected chi connectivity index (χ0v) is 13.7. The highest BCUT2D eigenvalue weighted by atomic mass is 32.2. The van der Waals surface area contributed by atoms with Gasteiger partial charge in [0.2, 0.25) is 11.8 Å². The third-order valence-electron chi connectivity index (χ3n) is 3.21. The molecule has 0 aliphatic carbocycles. The van der Waals surface area contributed by atoms with Gasteiger partial charge in [-0.2, -0.15) is 0 Å². The molecule has 120 valence electrons. The Hall–Kier alpha value is -2.19. The van der Waals surface area contributed by atoms with Gasteiger partial charge in [-0.05, 0) is 19.1 Å². The molecular formula is C15H17N5O2S. The number of rotatable bonds is 7. The zero-order valence-electron chi connectivity index (χ0n) is 12.9. The molecule has 2 heterocycles. The number of methoxy groups -OCH3 is 1. The molecule has 0 fully saturated rings. The summed E-state index contributed by atoms with van der Waals surface area (Å²) in [5.41, 5.74) is 0.909. The van der Waals surface area contributed by atoms with Crippen LogP contribution < -0.4 is 0 Å². The lowest BCUT2D eigenvalue weighted by atomic mass is 10.2. The highest BCUT2D eigenvalue weighted by Gasteiger charge is 2.19. The molecule has 0 amide bonds. The molecule has 0 N–H and O–H groups in total. The van der Waals surface area contributed by atoms with Crippen LogP contribution in [0.1, 0.15) is 18.1 Å². The first-order valence-electron chi connectivity index (χ1n) is 7.20. The Labute approximate surface area is 138 Å². The lowest BCUT2D eigenvalue weighted by molar-refractivity contribution is 0.184. The fourth-order valence-corrected chi connectivity index (χ4v) is 2.86. The van der Waals surface area contributed by atoms with Crippen LogP contribution in [0.15, 0.2) is 46.2 Å². The molecule has 0 saturated heterocycles. The Kier molecular flexibility index (Phi) is 5.04. The van der Waals surface area contributed by atoms with Crippen molar-refractivity contribution in [3.63, 3.8) is 0 Å². The van der Waals surface area contributed by atoms with Crippen LogP contribution in [0.25, 0.3) is 11.5 Å². The minimum absolute atomic E-state index is 0.0227. The molecule has 1 unspecified atom stereocenters. The summed E-state index contributed by atoms with van der Waals surface area (Å²) in [6.07, 6.45) is 1.69. The molecule has 23 heavy (non-hydrogen) atoms. The Morgan fingerprint density at radius 1 is 1.22 bits per heavy atom. The number of hydrogen-bond acceptors (Lipinski definition) is 7. The van der Waals surface area contributed by atoms with Crippen LogP contribution in [-0.4, -0.2) is 38.7 Å². The second-order valence-corrected chi connectivity index (χ2v) is 6.18. The van der Waals surface area contributed by atoms with Gasteiger partial charge in [-0.3, -0.25) is 0 Å². The number of thioether (sulfide) groups is 1. The molecule has 0 saturated carbocycles. The predicted molar refractivity (Wildman–Crippen MR) is 85.9 cm³/mol. The van der Waals surface area contributed by atoms with E-state index in [2.05, 4.69) is 20.4 Å². The second kappa shape index (κ2) is 7.38. The lowest BCUT2D eigenvalue weighted by Crippen LogP contribution is -2.05. The highest BCUT2D eigenvalue weighted by molar-refractivity contribution is 7.99. The standard InChI is InChI=1S/C15H17N5O2S/c1-11(23-15-19-16-10-20(15)8-9-21-2)13-17-18-14(22-13)12-6-4-3-5-7-12/h3-7,10-11H,8-9H2,1-2H3. The van der Waals surface area contributed by atoms with Crippen LogP contribution >= 0.6 is 11.8 Å². The van der Waals surface area contributed by atoms with Crippen molar-refractivity contribution >= 4 is 11.8 Å². The normalized spacial score (nSPS) is 12.4. The molecule has 0 aliphatic heterocycles. The summed E-state index contributed by atoms with van der Waals surface area (Å²) < 4.78 is 12.8. The molecule has 0 aliphatic rings. The van der Waals surface area contributed by atoms with Gasteiger partial charge in [0.25, 0.3) is 0 Å². The van der Waals surface area contributed by atoms with Gasteiger partial charge in [-0.1, -0.05) is 30.0 Å². The molecule has 8 heteroatoms. The van der Waals surface area contributed by atoms with Crippen molar-refractivity contribution in [2.75, 3.05) is 13.7 Å². The third-order valence-corrected chi connectivity index (χ3v) is 4.29. The van der Waals surface area contributed by atoms with Gasteiger partial charge in [0, 0.05) is 19.2 Å². The van der Waals surface area contributed by atoms with E-state index in [1.807, 2.05) is 41.8 Å². The highest BCUT2D eigenvalue weighted by Crippen LogP contribution is 2.33. The maximum absolute atomic E-state index is 5.78. The molecule has 3 rings (SSSR count). The van der Waals surface area contributed by atoms with Gasteiger partial charge in [-0.25, -0.2) is 0 Å². The quantitative estimate of drug-likeness (QED) is 0.616. The minimum atomic E-state index is -0.0227. The summed E-state index contributed by atoms with van der Waals surface area (Å²) >= 11 is 1.53. The van der Waals surface area contributed by atoms with E-state index < -0.39 is 0 Å². The monoisotopic (exact) mass is 331 g/mol. The number of benzene rings is 1. The van der Waals surface area contributed by atoms with Crippen molar-refractivity contribution in [1.29, 1.82) is 0 Å². The van der Waals surface area contributed by atoms with Gasteiger partial charge in [-0.15, -0.1) is 20.4 Å². The molecular weight excluding hydrogens is 314 g/mol. The largest absolute Gasteiger partial charge is 0.419 e. The van der Waals surface area contributed by atoms with Gasteiger partial charge in [0.15, 0.2) is 5.16 Å². The molecule has 3 aromatic rings. The fourth-order valence-electron chi connectivity index (χ4n) is 1.98. The molecule has 7 nitrogen and oxygen atoms in total. The Balaban J connectivity index is 1.71. The molecule has 2 aromatic heterocycles. The summed E-state index contributed by atoms with van der Waals surface area (Å²) in [5.74, 6) is 1.09. The van der Waals surface area contributed by atoms with Crippen molar-refractivity contribution in [3.05, 3.63) is 42.5 Å². The van der Waals surface area contributed by atoms with Crippen LogP contribution in [0.2, 0.25) is 0 Å². The third kappa shape index (κ3) is 3.77. The van der Waals surface area contributed by atoms with Gasteiger partial charge < -0.3 is 13.7 Å². The predicted octanol–water partition coefficient (Wildman–Crippen LogP) is 2.83. The van der Waals surface area contributed by atoms with E-state index in [1.54, 1.807) is 13.4 Å². The topological polar surface area (TPSA) is 78.9 Å². The number of ether oxygens (including phenoxy) is 1. The first-order valence-corrected chi connectivity index (χ1v) is 8.08. The summed E-state index contributed by atoms with van der Waals surface area (Å²) in [4.78, 5) is 0. The minimum Gasteiger partial charge on any atom is -0.419 e. The fraction of sp³-hybridized carbons (Fsp3) is 0.333. The number of nitrogens with zero attached hydrogens (tertiary/aromatic N) is 5. The lowest BCUT2D eigenvalue weighted by Gasteiger charge is -2.08. The smallest absolute Gasteiger partial charge is 0.247 e. The van der Waals surface area contributed by atoms with E-state index in [-0.39, 0.29) is 5.25 Å². The summed E-state index contributed by atoms with van der Waals surface area (Å²) in [6.45, 7) is 3.32. The summed E-state index contributed by atoms with van der Waals surface area (Å²) in [7, 11) is 1.67. The van der Waals surface area contributed by atoms with Crippen LogP contribution in [0.4, 0.5) is 0 Å². The van der Waals surface area contributed by atoms with Crippen molar-refractivity contribution in [3.8, 4) is 11.5 Å². The Morgan fingerprint density at radius 3 is 2.83 bits per heavy atom. The second-order valence-electron chi connectivity index (χ2n) is 4.87. The SMILES string of the molecule is COCCn1cnnc1SC(C)c1nnc(-c2ccccc2)o1. The maximum atomic E-state index is 5.78. The first-order chi connectivity index (χ1) is 11.3. The van der Waals surface area contributed by atoms with E-state index in [1.165, 1.54) is 11.8 Å². The maximum Gasteiger partial charge on any atom is 0.247 e.